The summed E-state index contributed by atoms with van der Waals surface area (Å²) >= 11 is 0. The van der Waals surface area contributed by atoms with Crippen LogP contribution in [0.15, 0.2) is 0 Å². The summed E-state index contributed by atoms with van der Waals surface area (Å²) in [6.07, 6.45) is 0.0791. The normalized spacial score (nSPS) is 26.7. The molecule has 15 heavy (non-hydrogen) atoms. The topological polar surface area (TPSA) is 70.6 Å². The van der Waals surface area contributed by atoms with Gasteiger partial charge in [0.2, 0.25) is 5.91 Å². The van der Waals surface area contributed by atoms with E-state index in [2.05, 4.69) is 10.6 Å². The Labute approximate surface area is 90.2 Å². The van der Waals surface area contributed by atoms with Crippen LogP contribution >= 0.6 is 0 Å². The van der Waals surface area contributed by atoms with Gasteiger partial charge in [0.25, 0.3) is 0 Å². The molecule has 0 spiro atoms. The monoisotopic (exact) mass is 216 g/mol. The molecule has 2 atom stereocenters. The van der Waals surface area contributed by atoms with Crippen molar-refractivity contribution in [3.05, 3.63) is 0 Å². The van der Waals surface area contributed by atoms with Crippen LogP contribution in [0, 0.1) is 0 Å². The quantitative estimate of drug-likeness (QED) is 0.578. The van der Waals surface area contributed by atoms with Crippen LogP contribution in [0.25, 0.3) is 0 Å². The highest BCUT2D eigenvalue weighted by Gasteiger charge is 2.29. The van der Waals surface area contributed by atoms with Crippen molar-refractivity contribution in [1.82, 2.24) is 10.6 Å². The molecule has 88 valence electrons. The van der Waals surface area contributed by atoms with E-state index >= 15 is 0 Å². The molecule has 1 saturated heterocycles. The fourth-order valence-electron chi connectivity index (χ4n) is 1.41. The van der Waals surface area contributed by atoms with Gasteiger partial charge in [-0.25, -0.2) is 0 Å². The summed E-state index contributed by atoms with van der Waals surface area (Å²) in [6.45, 7) is 4.77. The Balaban J connectivity index is 2.30. The Morgan fingerprint density at radius 2 is 2.33 bits per heavy atom. The van der Waals surface area contributed by atoms with E-state index in [1.165, 1.54) is 0 Å². The van der Waals surface area contributed by atoms with Crippen molar-refractivity contribution in [2.75, 3.05) is 20.2 Å². The van der Waals surface area contributed by atoms with Gasteiger partial charge in [-0.3, -0.25) is 4.79 Å². The first-order valence-corrected chi connectivity index (χ1v) is 5.19. The zero-order valence-corrected chi connectivity index (χ0v) is 9.54. The van der Waals surface area contributed by atoms with E-state index in [0.717, 1.165) is 0 Å². The Kier molecular flexibility index (Phi) is 4.07. The summed E-state index contributed by atoms with van der Waals surface area (Å²) in [5.41, 5.74) is -0.354. The van der Waals surface area contributed by atoms with E-state index in [1.54, 1.807) is 7.11 Å². The molecule has 0 unspecified atom stereocenters. The summed E-state index contributed by atoms with van der Waals surface area (Å²) in [6, 6.07) is -0.271. The number of rotatable bonds is 4. The fourth-order valence-corrected chi connectivity index (χ4v) is 1.41. The standard InChI is InChI=1S/C10H20N2O3/c1-10(2,15-3)6-12-9(14)8-4-7(13)5-11-8/h7-8,11,13H,4-6H2,1-3H3,(H,12,14)/t7-,8+/m0/s1. The van der Waals surface area contributed by atoms with E-state index < -0.39 is 6.10 Å². The molecule has 1 fully saturated rings. The summed E-state index contributed by atoms with van der Waals surface area (Å²) < 4.78 is 5.19. The molecule has 5 heteroatoms. The average Bonchev–Trinajstić information content (AvgIpc) is 2.61. The number of carbonyl (C=O) groups excluding carboxylic acids is 1. The van der Waals surface area contributed by atoms with Gasteiger partial charge in [0.05, 0.1) is 17.7 Å². The van der Waals surface area contributed by atoms with Crippen molar-refractivity contribution in [2.24, 2.45) is 0 Å². The second-order valence-electron chi connectivity index (χ2n) is 4.53. The van der Waals surface area contributed by atoms with Crippen molar-refractivity contribution in [3.63, 3.8) is 0 Å². The molecule has 0 aromatic carbocycles. The van der Waals surface area contributed by atoms with Crippen LogP contribution in [0.4, 0.5) is 0 Å². The lowest BCUT2D eigenvalue weighted by Gasteiger charge is -2.24. The first kappa shape index (κ1) is 12.4. The predicted octanol–water partition coefficient (Wildman–Crippen LogP) is -0.750. The Bertz CT molecular complexity index is 231. The Morgan fingerprint density at radius 3 is 2.80 bits per heavy atom. The molecule has 1 rings (SSSR count). The maximum Gasteiger partial charge on any atom is 0.237 e. The Morgan fingerprint density at radius 1 is 1.67 bits per heavy atom. The molecule has 1 amide bonds. The van der Waals surface area contributed by atoms with E-state index in [9.17, 15) is 9.90 Å². The first-order chi connectivity index (χ1) is 6.94. The zero-order chi connectivity index (χ0) is 11.5. The number of amides is 1. The largest absolute Gasteiger partial charge is 0.392 e. The summed E-state index contributed by atoms with van der Waals surface area (Å²) in [7, 11) is 1.61. The van der Waals surface area contributed by atoms with Crippen molar-refractivity contribution in [2.45, 2.75) is 38.0 Å². The summed E-state index contributed by atoms with van der Waals surface area (Å²) in [5, 5.41) is 15.0. The van der Waals surface area contributed by atoms with Crippen LogP contribution < -0.4 is 10.6 Å². The zero-order valence-electron chi connectivity index (χ0n) is 9.54. The minimum atomic E-state index is -0.406. The summed E-state index contributed by atoms with van der Waals surface area (Å²) in [4.78, 5) is 11.6. The molecular formula is C10H20N2O3. The van der Waals surface area contributed by atoms with Gasteiger partial charge in [-0.15, -0.1) is 0 Å². The highest BCUT2D eigenvalue weighted by molar-refractivity contribution is 5.82. The number of ether oxygens (including phenoxy) is 1. The summed E-state index contributed by atoms with van der Waals surface area (Å²) in [5.74, 6) is -0.0725. The molecule has 0 bridgehead atoms. The molecule has 0 aliphatic carbocycles. The van der Waals surface area contributed by atoms with Crippen LogP contribution in [0.2, 0.25) is 0 Å². The number of hydrogen-bond acceptors (Lipinski definition) is 4. The number of aliphatic hydroxyl groups is 1. The molecule has 0 aromatic rings. The lowest BCUT2D eigenvalue weighted by molar-refractivity contribution is -0.124. The van der Waals surface area contributed by atoms with Gasteiger partial charge in [0.1, 0.15) is 0 Å². The van der Waals surface area contributed by atoms with Gasteiger partial charge in [-0.05, 0) is 20.3 Å². The van der Waals surface area contributed by atoms with Crippen molar-refractivity contribution < 1.29 is 14.6 Å². The van der Waals surface area contributed by atoms with Gasteiger partial charge in [-0.2, -0.15) is 0 Å². The average molecular weight is 216 g/mol. The van der Waals surface area contributed by atoms with Crippen LogP contribution in [-0.4, -0.2) is 49.0 Å². The second-order valence-corrected chi connectivity index (χ2v) is 4.53. The molecule has 3 N–H and O–H groups in total. The van der Waals surface area contributed by atoms with E-state index in [-0.39, 0.29) is 17.6 Å². The highest BCUT2D eigenvalue weighted by Crippen LogP contribution is 2.08. The maximum absolute atomic E-state index is 11.6. The maximum atomic E-state index is 11.6. The molecule has 1 aliphatic heterocycles. The lowest BCUT2D eigenvalue weighted by atomic mass is 10.1. The SMILES string of the molecule is COC(C)(C)CNC(=O)[C@H]1C[C@H](O)CN1. The fraction of sp³-hybridized carbons (Fsp3) is 0.900. The highest BCUT2D eigenvalue weighted by atomic mass is 16.5. The first-order valence-electron chi connectivity index (χ1n) is 5.19. The van der Waals surface area contributed by atoms with Crippen molar-refractivity contribution in [3.8, 4) is 0 Å². The molecule has 1 heterocycles. The predicted molar refractivity (Wildman–Crippen MR) is 56.5 cm³/mol. The molecule has 0 aromatic heterocycles. The van der Waals surface area contributed by atoms with Crippen LogP contribution in [-0.2, 0) is 9.53 Å². The number of hydrogen-bond donors (Lipinski definition) is 3. The van der Waals surface area contributed by atoms with Crippen molar-refractivity contribution in [1.29, 1.82) is 0 Å². The molecular weight excluding hydrogens is 196 g/mol. The van der Waals surface area contributed by atoms with Crippen molar-refractivity contribution >= 4 is 5.91 Å². The van der Waals surface area contributed by atoms with Gasteiger partial charge in [0.15, 0.2) is 0 Å². The molecule has 0 saturated carbocycles. The second kappa shape index (κ2) is 4.92. The van der Waals surface area contributed by atoms with Gasteiger partial charge in [-0.1, -0.05) is 0 Å². The van der Waals surface area contributed by atoms with Crippen LogP contribution in [0.3, 0.4) is 0 Å². The van der Waals surface area contributed by atoms with E-state index in [1.807, 2.05) is 13.8 Å². The molecule has 0 radical (unpaired) electrons. The van der Waals surface area contributed by atoms with Gasteiger partial charge in [0, 0.05) is 20.2 Å². The minimum absolute atomic E-state index is 0.0725. The van der Waals surface area contributed by atoms with Crippen LogP contribution in [0.1, 0.15) is 20.3 Å². The van der Waals surface area contributed by atoms with E-state index in [0.29, 0.717) is 19.5 Å². The minimum Gasteiger partial charge on any atom is -0.392 e. The third-order valence-electron chi connectivity index (χ3n) is 2.67. The van der Waals surface area contributed by atoms with E-state index in [4.69, 9.17) is 4.74 Å². The third kappa shape index (κ3) is 3.77. The van der Waals surface area contributed by atoms with Gasteiger partial charge >= 0.3 is 0 Å². The Hall–Kier alpha value is -0.650. The third-order valence-corrected chi connectivity index (χ3v) is 2.67. The number of aliphatic hydroxyl groups excluding tert-OH is 1. The molecule has 1 aliphatic rings. The molecule has 5 nitrogen and oxygen atoms in total. The van der Waals surface area contributed by atoms with Crippen LogP contribution in [0.5, 0.6) is 0 Å². The number of methoxy groups -OCH3 is 1. The van der Waals surface area contributed by atoms with Gasteiger partial charge < -0.3 is 20.5 Å². The smallest absolute Gasteiger partial charge is 0.237 e. The lowest BCUT2D eigenvalue weighted by Crippen LogP contribution is -2.46. The number of carbonyl (C=O) groups is 1. The number of β-amino-alcohol motifs (C(OH)–C–C–N with tert-alkyl or cyclic N) is 1. The number of nitrogens with one attached hydrogen (secondary N) is 2.